The maximum Gasteiger partial charge on any atom is 0.696 e. The number of unbranched alkanes of at least 4 members (excludes halogenated alkanes) is 2. The summed E-state index contributed by atoms with van der Waals surface area (Å²) in [6.45, 7) is 23.9. The molecule has 12 heteroatoms. The quantitative estimate of drug-likeness (QED) is 0.217. The summed E-state index contributed by atoms with van der Waals surface area (Å²) >= 11 is 0. The molecule has 1 fully saturated rings. The van der Waals surface area contributed by atoms with Crippen LogP contribution in [0.2, 0.25) is 38.3 Å². The topological polar surface area (TPSA) is 61.9 Å². The van der Waals surface area contributed by atoms with Gasteiger partial charge in [-0.1, -0.05) is 67.2 Å². The Morgan fingerprint density at radius 1 is 0.562 bits per heavy atom. The summed E-state index contributed by atoms with van der Waals surface area (Å²) in [6, 6.07) is 1.79. The van der Waals surface area contributed by atoms with E-state index in [4.69, 9.17) is 25.5 Å². The minimum absolute atomic E-state index is 0.710. The Bertz CT molecular complexity index is 514. The largest absolute Gasteiger partial charge is 0.696 e. The molecule has 0 amide bonds. The van der Waals surface area contributed by atoms with Crippen molar-refractivity contribution in [3.05, 3.63) is 0 Å². The highest BCUT2D eigenvalue weighted by Crippen LogP contribution is 2.38. The molecule has 0 aliphatic carbocycles. The highest BCUT2D eigenvalue weighted by Gasteiger charge is 2.64. The van der Waals surface area contributed by atoms with Crippen molar-refractivity contribution in [2.75, 3.05) is 26.2 Å². The molecule has 0 saturated carbocycles. The molecule has 0 aromatic rings. The van der Waals surface area contributed by atoms with Gasteiger partial charge in [-0.05, 0) is 38.3 Å². The third-order valence-electron chi connectivity index (χ3n) is 5.32. The molecule has 1 rings (SSSR count). The molecule has 0 atom stereocenters. The van der Waals surface area contributed by atoms with Crippen LogP contribution in [0.5, 0.6) is 0 Å². The molecule has 0 unspecified atom stereocenters. The van der Waals surface area contributed by atoms with Gasteiger partial charge in [0.1, 0.15) is 0 Å². The molecular weight excluding hydrogens is 477 g/mol. The van der Waals surface area contributed by atoms with E-state index in [1.54, 1.807) is 0 Å². The van der Waals surface area contributed by atoms with Crippen molar-refractivity contribution in [2.24, 2.45) is 0 Å². The lowest BCUT2D eigenvalue weighted by Gasteiger charge is -2.49. The first-order valence-corrected chi connectivity index (χ1v) is 22.1. The maximum absolute atomic E-state index is 7.11. The number of hydroxylamine groups is 4. The standard InChI is InChI=1S/C20H50N2O6Si4/c1-11-17-19-31(20-18-12-2)26-29(7,8)25-30(9,10)27-32(28-31,23-21(13-3)14-4)24-22(15-5)16-6/h11-20H2,1-10H3. The lowest BCUT2D eigenvalue weighted by molar-refractivity contribution is -0.199. The van der Waals surface area contributed by atoms with Crippen molar-refractivity contribution in [1.82, 2.24) is 10.1 Å². The van der Waals surface area contributed by atoms with Gasteiger partial charge in [-0.2, -0.15) is 10.1 Å². The smallest absolute Gasteiger partial charge is 0.416 e. The van der Waals surface area contributed by atoms with Crippen LogP contribution in [0.25, 0.3) is 0 Å². The van der Waals surface area contributed by atoms with Gasteiger partial charge in [0.05, 0.1) is 0 Å². The summed E-state index contributed by atoms with van der Waals surface area (Å²) in [5, 5.41) is 3.76. The predicted octanol–water partition coefficient (Wildman–Crippen LogP) is 5.49. The van der Waals surface area contributed by atoms with E-state index in [9.17, 15) is 0 Å². The van der Waals surface area contributed by atoms with Crippen molar-refractivity contribution in [3.63, 3.8) is 0 Å². The van der Waals surface area contributed by atoms with Gasteiger partial charge < -0.3 is 16.5 Å². The molecule has 0 radical (unpaired) electrons. The van der Waals surface area contributed by atoms with Gasteiger partial charge in [0.25, 0.3) is 0 Å². The summed E-state index contributed by atoms with van der Waals surface area (Å²) < 4.78 is 40.6. The molecule has 0 N–H and O–H groups in total. The van der Waals surface area contributed by atoms with Crippen molar-refractivity contribution in [2.45, 2.75) is 106 Å². The van der Waals surface area contributed by atoms with Gasteiger partial charge in [0, 0.05) is 26.2 Å². The second kappa shape index (κ2) is 13.6. The summed E-state index contributed by atoms with van der Waals surface area (Å²) in [6.07, 6.45) is 4.25. The molecule has 0 aromatic heterocycles. The number of hydrogen-bond acceptors (Lipinski definition) is 8. The van der Waals surface area contributed by atoms with Crippen LogP contribution in [0.1, 0.15) is 67.2 Å². The Kier molecular flexibility index (Phi) is 13.0. The van der Waals surface area contributed by atoms with Crippen LogP contribution < -0.4 is 0 Å². The molecule has 0 bridgehead atoms. The fourth-order valence-electron chi connectivity index (χ4n) is 3.99. The summed E-state index contributed by atoms with van der Waals surface area (Å²) in [5.41, 5.74) is 0. The second-order valence-corrected chi connectivity index (χ2v) is 22.3. The van der Waals surface area contributed by atoms with E-state index in [2.05, 4.69) is 54.6 Å². The Hall–Kier alpha value is 0.548. The molecule has 1 aliphatic heterocycles. The van der Waals surface area contributed by atoms with Crippen LogP contribution in [0.3, 0.4) is 0 Å². The van der Waals surface area contributed by atoms with E-state index in [0.717, 1.165) is 37.8 Å². The lowest BCUT2D eigenvalue weighted by Crippen LogP contribution is -2.71. The first kappa shape index (κ1) is 30.6. The predicted molar refractivity (Wildman–Crippen MR) is 138 cm³/mol. The van der Waals surface area contributed by atoms with Crippen molar-refractivity contribution < 1.29 is 25.5 Å². The average molecular weight is 527 g/mol. The number of nitrogens with zero attached hydrogens (tertiary/aromatic N) is 2. The van der Waals surface area contributed by atoms with Gasteiger partial charge in [0.15, 0.2) is 0 Å². The molecule has 8 nitrogen and oxygen atoms in total. The lowest BCUT2D eigenvalue weighted by atomic mass is 10.4. The third kappa shape index (κ3) is 9.66. The monoisotopic (exact) mass is 526 g/mol. The summed E-state index contributed by atoms with van der Waals surface area (Å²) in [7, 11) is -11.5. The molecule has 0 spiro atoms. The minimum atomic E-state index is -3.66. The van der Waals surface area contributed by atoms with Crippen molar-refractivity contribution in [3.8, 4) is 0 Å². The molecule has 1 aliphatic rings. The zero-order valence-electron chi connectivity index (χ0n) is 22.4. The zero-order chi connectivity index (χ0) is 24.5. The van der Waals surface area contributed by atoms with Crippen LogP contribution >= 0.6 is 0 Å². The summed E-state index contributed by atoms with van der Waals surface area (Å²) in [4.78, 5) is 0. The van der Waals surface area contributed by atoms with Crippen LogP contribution in [-0.2, 0) is 25.5 Å². The van der Waals surface area contributed by atoms with Gasteiger partial charge in [-0.15, -0.1) is 0 Å². The van der Waals surface area contributed by atoms with E-state index >= 15 is 0 Å². The molecule has 1 heterocycles. The molecule has 32 heavy (non-hydrogen) atoms. The Morgan fingerprint density at radius 3 is 1.34 bits per heavy atom. The van der Waals surface area contributed by atoms with Gasteiger partial charge in [-0.3, -0.25) is 9.05 Å². The zero-order valence-corrected chi connectivity index (χ0v) is 26.4. The van der Waals surface area contributed by atoms with E-state index in [0.29, 0.717) is 26.2 Å². The first-order valence-electron chi connectivity index (χ1n) is 12.6. The molecule has 0 aromatic carbocycles. The van der Waals surface area contributed by atoms with Crippen molar-refractivity contribution >= 4 is 34.7 Å². The van der Waals surface area contributed by atoms with Gasteiger partial charge in [0.2, 0.25) is 0 Å². The molecule has 192 valence electrons. The van der Waals surface area contributed by atoms with Crippen LogP contribution in [-0.4, -0.2) is 71.0 Å². The van der Waals surface area contributed by atoms with E-state index in [-0.39, 0.29) is 0 Å². The highest BCUT2D eigenvalue weighted by molar-refractivity contribution is 6.91. The normalized spacial score (nSPS) is 22.1. The Morgan fingerprint density at radius 2 is 0.969 bits per heavy atom. The van der Waals surface area contributed by atoms with E-state index in [1.807, 2.05) is 23.2 Å². The van der Waals surface area contributed by atoms with E-state index < -0.39 is 34.7 Å². The van der Waals surface area contributed by atoms with Crippen LogP contribution in [0.15, 0.2) is 0 Å². The molecular formula is C20H50N2O6Si4. The Balaban J connectivity index is 3.59. The average Bonchev–Trinajstić information content (AvgIpc) is 2.70. The van der Waals surface area contributed by atoms with Crippen LogP contribution in [0.4, 0.5) is 0 Å². The van der Waals surface area contributed by atoms with Gasteiger partial charge in [-0.25, -0.2) is 0 Å². The Labute approximate surface area is 202 Å². The molecule has 1 saturated heterocycles. The minimum Gasteiger partial charge on any atom is -0.416 e. The fraction of sp³-hybridized carbons (Fsp3) is 1.00. The SMILES string of the molecule is CCCC[Si]1(CCCC)O[Si](C)(C)O[Si](C)(C)O[Si](ON(CC)CC)(ON(CC)CC)O1. The first-order chi connectivity index (χ1) is 14.9. The third-order valence-corrected chi connectivity index (χ3v) is 21.4. The maximum atomic E-state index is 7.11. The second-order valence-electron chi connectivity index (χ2n) is 9.24. The van der Waals surface area contributed by atoms with Crippen molar-refractivity contribution in [1.29, 1.82) is 0 Å². The number of hydrogen-bond donors (Lipinski definition) is 0. The van der Waals surface area contributed by atoms with Crippen LogP contribution in [0, 0.1) is 0 Å². The summed E-state index contributed by atoms with van der Waals surface area (Å²) in [5.74, 6) is 0. The highest BCUT2D eigenvalue weighted by atomic mass is 28.5. The van der Waals surface area contributed by atoms with E-state index in [1.165, 1.54) is 0 Å². The number of rotatable bonds is 14. The fourth-order valence-corrected chi connectivity index (χ4v) is 24.1. The van der Waals surface area contributed by atoms with Gasteiger partial charge >= 0.3 is 34.7 Å².